The highest BCUT2D eigenvalue weighted by molar-refractivity contribution is 7.14. The van der Waals surface area contributed by atoms with Crippen molar-refractivity contribution in [1.29, 1.82) is 0 Å². The Morgan fingerprint density at radius 1 is 1.06 bits per heavy atom. The van der Waals surface area contributed by atoms with Gasteiger partial charge in [0.2, 0.25) is 0 Å². The molecule has 0 saturated heterocycles. The predicted molar refractivity (Wildman–Crippen MR) is 138 cm³/mol. The van der Waals surface area contributed by atoms with Gasteiger partial charge in [0.15, 0.2) is 16.8 Å². The molecular weight excluding hydrogens is 484 g/mol. The Balaban J connectivity index is 1.78. The Labute approximate surface area is 214 Å². The summed E-state index contributed by atoms with van der Waals surface area (Å²) >= 11 is 1.45. The molecule has 0 fully saturated rings. The summed E-state index contributed by atoms with van der Waals surface area (Å²) in [6.45, 7) is 7.14. The fraction of sp³-hybridized carbons (Fsp3) is 0.370. The van der Waals surface area contributed by atoms with Gasteiger partial charge in [-0.3, -0.25) is 9.59 Å². The maximum atomic E-state index is 13.8. The topological polar surface area (TPSA) is 82.5 Å². The number of aliphatic carboxylic acids is 1. The summed E-state index contributed by atoms with van der Waals surface area (Å²) in [5.74, 6) is -2.52. The molecule has 0 saturated carbocycles. The van der Waals surface area contributed by atoms with Gasteiger partial charge in [-0.05, 0) is 61.6 Å². The maximum Gasteiger partial charge on any atom is 0.305 e. The van der Waals surface area contributed by atoms with Crippen LogP contribution in [0.5, 0.6) is 0 Å². The van der Waals surface area contributed by atoms with E-state index in [9.17, 15) is 18.4 Å². The average molecular weight is 516 g/mol. The van der Waals surface area contributed by atoms with Crippen LogP contribution >= 0.6 is 11.3 Å². The second kappa shape index (κ2) is 12.6. The summed E-state index contributed by atoms with van der Waals surface area (Å²) < 4.78 is 27.1. The Morgan fingerprint density at radius 3 is 2.42 bits per heavy atom. The summed E-state index contributed by atoms with van der Waals surface area (Å²) in [5.41, 5.74) is 2.55. The molecule has 6 nitrogen and oxygen atoms in total. The quantitative estimate of drug-likeness (QED) is 0.304. The highest BCUT2D eigenvalue weighted by Crippen LogP contribution is 2.31. The third-order valence-electron chi connectivity index (χ3n) is 5.84. The minimum absolute atomic E-state index is 0.0708. The summed E-state index contributed by atoms with van der Waals surface area (Å²) in [5, 5.41) is 13.9. The molecule has 2 N–H and O–H groups in total. The minimum atomic E-state index is -0.966. The summed E-state index contributed by atoms with van der Waals surface area (Å²) in [4.78, 5) is 29.8. The molecule has 1 atom stereocenters. The van der Waals surface area contributed by atoms with Crippen molar-refractivity contribution >= 4 is 28.3 Å². The molecule has 1 unspecified atom stereocenters. The van der Waals surface area contributed by atoms with Crippen molar-refractivity contribution in [2.75, 3.05) is 11.4 Å². The van der Waals surface area contributed by atoms with Gasteiger partial charge < -0.3 is 15.3 Å². The van der Waals surface area contributed by atoms with Crippen molar-refractivity contribution in [2.45, 2.75) is 52.6 Å². The molecule has 0 spiro atoms. The average Bonchev–Trinajstić information content (AvgIpc) is 3.32. The predicted octanol–water partition coefficient (Wildman–Crippen LogP) is 6.12. The number of anilines is 1. The standard InChI is InChI=1S/C27H31F2N3O3S/c1-17(2)4-5-18(3)32(27-31-24(16-36-27)21-10-11-22(28)23(29)14-21)15-19-6-8-20(9-7-19)26(35)30-13-12-25(33)34/h6-11,14,16-18H,4-5,12-13,15H2,1-3H3,(H,30,35)(H,33,34). The van der Waals surface area contributed by atoms with E-state index in [1.54, 1.807) is 12.1 Å². The molecule has 0 aliphatic carbocycles. The zero-order valence-corrected chi connectivity index (χ0v) is 21.4. The van der Waals surface area contributed by atoms with E-state index >= 15 is 0 Å². The molecule has 1 aromatic heterocycles. The van der Waals surface area contributed by atoms with Crippen molar-refractivity contribution < 1.29 is 23.5 Å². The van der Waals surface area contributed by atoms with Crippen LogP contribution in [0.3, 0.4) is 0 Å². The molecule has 0 bridgehead atoms. The van der Waals surface area contributed by atoms with Gasteiger partial charge in [-0.1, -0.05) is 26.0 Å². The van der Waals surface area contributed by atoms with E-state index in [2.05, 4.69) is 31.0 Å². The van der Waals surface area contributed by atoms with Crippen molar-refractivity contribution in [2.24, 2.45) is 5.92 Å². The van der Waals surface area contributed by atoms with Crippen LogP contribution in [0.1, 0.15) is 56.0 Å². The number of thiazole rings is 1. The number of rotatable bonds is 12. The minimum Gasteiger partial charge on any atom is -0.481 e. The molecule has 0 aliphatic rings. The highest BCUT2D eigenvalue weighted by Gasteiger charge is 2.20. The number of hydrogen-bond acceptors (Lipinski definition) is 5. The normalized spacial score (nSPS) is 11.9. The number of carbonyl (C=O) groups is 2. The lowest BCUT2D eigenvalue weighted by molar-refractivity contribution is -0.136. The molecule has 1 heterocycles. The lowest BCUT2D eigenvalue weighted by Crippen LogP contribution is -2.33. The van der Waals surface area contributed by atoms with Gasteiger partial charge >= 0.3 is 5.97 Å². The molecule has 1 amide bonds. The number of benzene rings is 2. The zero-order chi connectivity index (χ0) is 26.2. The SMILES string of the molecule is CC(C)CCC(C)N(Cc1ccc(C(=O)NCCC(=O)O)cc1)c1nc(-c2ccc(F)c(F)c2)cs1. The number of nitrogens with zero attached hydrogens (tertiary/aromatic N) is 2. The number of hydrogen-bond donors (Lipinski definition) is 2. The molecule has 0 radical (unpaired) electrons. The van der Waals surface area contributed by atoms with Gasteiger partial charge in [0.05, 0.1) is 12.1 Å². The van der Waals surface area contributed by atoms with Gasteiger partial charge in [0.25, 0.3) is 5.91 Å². The molecule has 36 heavy (non-hydrogen) atoms. The van der Waals surface area contributed by atoms with Crippen LogP contribution in [0.4, 0.5) is 13.9 Å². The van der Waals surface area contributed by atoms with Crippen molar-refractivity contribution in [3.05, 3.63) is 70.6 Å². The molecule has 192 valence electrons. The molecule has 0 aliphatic heterocycles. The Bertz CT molecular complexity index is 1180. The maximum absolute atomic E-state index is 13.8. The lowest BCUT2D eigenvalue weighted by atomic mass is 10.0. The van der Waals surface area contributed by atoms with Gasteiger partial charge in [-0.2, -0.15) is 0 Å². The van der Waals surface area contributed by atoms with Crippen molar-refractivity contribution in [3.8, 4) is 11.3 Å². The van der Waals surface area contributed by atoms with Crippen molar-refractivity contribution in [1.82, 2.24) is 10.3 Å². The van der Waals surface area contributed by atoms with Gasteiger partial charge in [-0.15, -0.1) is 11.3 Å². The first-order valence-corrected chi connectivity index (χ1v) is 12.8. The summed E-state index contributed by atoms with van der Waals surface area (Å²) in [6, 6.07) is 11.1. The number of carboxylic acids is 1. The summed E-state index contributed by atoms with van der Waals surface area (Å²) in [7, 11) is 0. The zero-order valence-electron chi connectivity index (χ0n) is 20.6. The van der Waals surface area contributed by atoms with E-state index in [-0.39, 0.29) is 24.9 Å². The van der Waals surface area contributed by atoms with Crippen LogP contribution in [0.25, 0.3) is 11.3 Å². The summed E-state index contributed by atoms with van der Waals surface area (Å²) in [6.07, 6.45) is 1.88. The first kappa shape index (κ1) is 27.3. The number of carboxylic acid groups (broad SMARTS) is 1. The second-order valence-corrected chi connectivity index (χ2v) is 10.0. The smallest absolute Gasteiger partial charge is 0.305 e. The first-order valence-electron chi connectivity index (χ1n) is 11.9. The third-order valence-corrected chi connectivity index (χ3v) is 6.72. The fourth-order valence-corrected chi connectivity index (χ4v) is 4.61. The Kier molecular flexibility index (Phi) is 9.52. The van der Waals surface area contributed by atoms with E-state index in [4.69, 9.17) is 10.1 Å². The Morgan fingerprint density at radius 2 is 1.78 bits per heavy atom. The van der Waals surface area contributed by atoms with E-state index in [1.807, 2.05) is 17.5 Å². The third kappa shape index (κ3) is 7.58. The number of aromatic nitrogens is 1. The van der Waals surface area contributed by atoms with E-state index < -0.39 is 17.6 Å². The highest BCUT2D eigenvalue weighted by atomic mass is 32.1. The van der Waals surface area contributed by atoms with E-state index in [0.717, 1.165) is 35.7 Å². The second-order valence-electron chi connectivity index (χ2n) is 9.19. The largest absolute Gasteiger partial charge is 0.481 e. The molecule has 3 rings (SSSR count). The molecule has 3 aromatic rings. The first-order chi connectivity index (χ1) is 17.1. The van der Waals surface area contributed by atoms with Crippen LogP contribution in [-0.4, -0.2) is 34.6 Å². The van der Waals surface area contributed by atoms with E-state index in [0.29, 0.717) is 29.3 Å². The van der Waals surface area contributed by atoms with Crippen molar-refractivity contribution in [3.63, 3.8) is 0 Å². The van der Waals surface area contributed by atoms with Crippen LogP contribution in [0.15, 0.2) is 47.8 Å². The van der Waals surface area contributed by atoms with Gasteiger partial charge in [0, 0.05) is 35.6 Å². The number of carbonyl (C=O) groups excluding carboxylic acids is 1. The lowest BCUT2D eigenvalue weighted by Gasteiger charge is -2.29. The van der Waals surface area contributed by atoms with Crippen LogP contribution < -0.4 is 10.2 Å². The Hall–Kier alpha value is -3.33. The number of halogens is 2. The molecule has 9 heteroatoms. The number of nitrogens with one attached hydrogen (secondary N) is 1. The van der Waals surface area contributed by atoms with Gasteiger partial charge in [-0.25, -0.2) is 13.8 Å². The molecular formula is C27H31F2N3O3S. The fourth-order valence-electron chi connectivity index (χ4n) is 3.67. The van der Waals surface area contributed by atoms with Crippen LogP contribution in [-0.2, 0) is 11.3 Å². The molecule has 2 aromatic carbocycles. The van der Waals surface area contributed by atoms with Crippen LogP contribution in [0.2, 0.25) is 0 Å². The number of amides is 1. The monoisotopic (exact) mass is 515 g/mol. The van der Waals surface area contributed by atoms with Gasteiger partial charge in [0.1, 0.15) is 0 Å². The van der Waals surface area contributed by atoms with Crippen LogP contribution in [0, 0.1) is 17.6 Å². The van der Waals surface area contributed by atoms with E-state index in [1.165, 1.54) is 17.4 Å².